The Hall–Kier alpha value is -4.96. The molecule has 0 aliphatic rings. The number of carboxylic acid groups (broad SMARTS) is 1. The van der Waals surface area contributed by atoms with E-state index in [0.717, 1.165) is 16.0 Å². The third-order valence-corrected chi connectivity index (χ3v) is 16.3. The first kappa shape index (κ1) is 40.7. The highest BCUT2D eigenvalue weighted by Gasteiger charge is 2.37. The van der Waals surface area contributed by atoms with Crippen molar-refractivity contribution < 1.29 is 37.7 Å². The molecule has 0 saturated carbocycles. The number of rotatable bonds is 16. The largest absolute Gasteiger partial charge is 0.496 e. The topological polar surface area (TPSA) is 135 Å². The molecule has 0 bridgehead atoms. The van der Waals surface area contributed by atoms with Gasteiger partial charge in [0, 0.05) is 18.2 Å². The summed E-state index contributed by atoms with van der Waals surface area (Å²) in [4.78, 5) is 32.1. The van der Waals surface area contributed by atoms with E-state index in [1.807, 2.05) is 24.3 Å². The first-order valence-corrected chi connectivity index (χ1v) is 22.3. The van der Waals surface area contributed by atoms with Crippen LogP contribution in [0.4, 0.5) is 4.39 Å². The third-order valence-electron chi connectivity index (χ3n) is 9.53. The van der Waals surface area contributed by atoms with Gasteiger partial charge in [-0.25, -0.2) is 29.1 Å². The van der Waals surface area contributed by atoms with Crippen molar-refractivity contribution in [1.82, 2.24) is 19.9 Å². The fourth-order valence-corrected chi connectivity index (χ4v) is 8.49. The number of fused-ring (bicyclic) bond motifs is 1. The van der Waals surface area contributed by atoms with Gasteiger partial charge in [0.1, 0.15) is 47.4 Å². The Kier molecular flexibility index (Phi) is 12.7. The second-order valence-corrected chi connectivity index (χ2v) is 20.9. The number of ether oxygens (including phenoxy) is 4. The Bertz CT molecular complexity index is 2320. The minimum absolute atomic E-state index is 0.0545. The lowest BCUT2D eigenvalue weighted by Crippen LogP contribution is -2.41. The molecule has 1 unspecified atom stereocenters. The molecule has 0 amide bonds. The number of halogens is 2. The van der Waals surface area contributed by atoms with Gasteiger partial charge in [0.15, 0.2) is 14.1 Å². The predicted molar refractivity (Wildman–Crippen MR) is 220 cm³/mol. The maximum absolute atomic E-state index is 13.7. The minimum atomic E-state index is -1.98. The van der Waals surface area contributed by atoms with E-state index < -0.39 is 20.4 Å². The van der Waals surface area contributed by atoms with Gasteiger partial charge in [-0.2, -0.15) is 0 Å². The summed E-state index contributed by atoms with van der Waals surface area (Å²) in [5.74, 6) is 0.576. The molecule has 1 atom stereocenters. The number of hydrogen-bond acceptors (Lipinski definition) is 11. The Labute approximate surface area is 338 Å². The number of methoxy groups -OCH3 is 1. The number of carboxylic acids is 1. The van der Waals surface area contributed by atoms with Crippen molar-refractivity contribution in [1.29, 1.82) is 0 Å². The van der Waals surface area contributed by atoms with Crippen molar-refractivity contribution in [3.8, 4) is 45.0 Å². The van der Waals surface area contributed by atoms with Crippen LogP contribution in [-0.2, 0) is 22.2 Å². The van der Waals surface area contributed by atoms with E-state index in [-0.39, 0.29) is 29.8 Å². The normalized spacial score (nSPS) is 12.4. The van der Waals surface area contributed by atoms with E-state index in [9.17, 15) is 14.3 Å². The van der Waals surface area contributed by atoms with Gasteiger partial charge < -0.3 is 28.5 Å². The van der Waals surface area contributed by atoms with Gasteiger partial charge in [-0.15, -0.1) is 11.3 Å². The minimum Gasteiger partial charge on any atom is -0.496 e. The highest BCUT2D eigenvalue weighted by Crippen LogP contribution is 2.45. The van der Waals surface area contributed by atoms with Gasteiger partial charge in [0.2, 0.25) is 12.0 Å². The summed E-state index contributed by atoms with van der Waals surface area (Å²) in [5, 5.41) is 11.0. The number of carbonyl (C=O) groups is 1. The van der Waals surface area contributed by atoms with Crippen LogP contribution in [0.1, 0.15) is 32.0 Å². The molecule has 0 fully saturated rings. The highest BCUT2D eigenvalue weighted by molar-refractivity contribution is 9.10. The molecular weight excluding hydrogens is 820 g/mol. The molecule has 6 aromatic rings. The van der Waals surface area contributed by atoms with E-state index in [2.05, 4.69) is 64.7 Å². The second-order valence-electron chi connectivity index (χ2n) is 14.3. The van der Waals surface area contributed by atoms with Gasteiger partial charge >= 0.3 is 5.97 Å². The third kappa shape index (κ3) is 9.52. The molecule has 0 aliphatic carbocycles. The maximum Gasteiger partial charge on any atom is 0.345 e. The van der Waals surface area contributed by atoms with E-state index in [1.54, 1.807) is 49.7 Å². The average Bonchev–Trinajstić information content (AvgIpc) is 3.52. The van der Waals surface area contributed by atoms with Gasteiger partial charge in [-0.1, -0.05) is 45.0 Å². The zero-order valence-corrected chi connectivity index (χ0v) is 35.2. The molecule has 6 rings (SSSR count). The summed E-state index contributed by atoms with van der Waals surface area (Å²) in [6, 6.07) is 20.6. The molecular formula is C41H42BrFN4O7SSi. The monoisotopic (exact) mass is 860 g/mol. The summed E-state index contributed by atoms with van der Waals surface area (Å²) in [5.41, 5.74) is 2.62. The molecule has 15 heteroatoms. The number of hydrogen-bond donors (Lipinski definition) is 1. The van der Waals surface area contributed by atoms with Crippen LogP contribution in [0.15, 0.2) is 89.8 Å². The zero-order chi connectivity index (χ0) is 40.0. The fraction of sp³-hybridized carbons (Fsp3) is 0.293. The molecule has 11 nitrogen and oxygen atoms in total. The van der Waals surface area contributed by atoms with Crippen LogP contribution in [-0.4, -0.2) is 65.8 Å². The molecule has 0 aliphatic heterocycles. The van der Waals surface area contributed by atoms with Crippen molar-refractivity contribution in [2.75, 3.05) is 20.3 Å². The van der Waals surface area contributed by atoms with Crippen LogP contribution in [0.3, 0.4) is 0 Å². The molecule has 0 spiro atoms. The van der Waals surface area contributed by atoms with Crippen molar-refractivity contribution >= 4 is 51.8 Å². The van der Waals surface area contributed by atoms with Crippen molar-refractivity contribution in [2.45, 2.75) is 58.0 Å². The van der Waals surface area contributed by atoms with Crippen molar-refractivity contribution in [3.05, 3.63) is 107 Å². The van der Waals surface area contributed by atoms with Gasteiger partial charge in [0.25, 0.3) is 0 Å². The molecule has 0 radical (unpaired) electrons. The Morgan fingerprint density at radius 1 is 0.964 bits per heavy atom. The van der Waals surface area contributed by atoms with Crippen LogP contribution in [0.25, 0.3) is 32.0 Å². The number of aliphatic carboxylic acids is 1. The van der Waals surface area contributed by atoms with Crippen LogP contribution >= 0.6 is 27.3 Å². The number of para-hydroxylation sites is 1. The average molecular weight is 862 g/mol. The summed E-state index contributed by atoms with van der Waals surface area (Å²) in [6.45, 7) is 11.7. The summed E-state index contributed by atoms with van der Waals surface area (Å²) in [6.07, 6.45) is 1.49. The van der Waals surface area contributed by atoms with Gasteiger partial charge in [-0.05, 0) is 88.2 Å². The molecule has 3 heterocycles. The van der Waals surface area contributed by atoms with Crippen LogP contribution < -0.4 is 18.9 Å². The summed E-state index contributed by atoms with van der Waals surface area (Å²) >= 11 is 4.99. The second kappa shape index (κ2) is 17.4. The standard InChI is InChI=1S/C41H42BrFN4O7SSi/c1-41(2,3)56(5,6)53-20-19-51-29-15-16-31(52-23-28-17-18-44-37(47-28)30-9-7-8-10-32(30)50-4)26(21-29)22-33(40(48)49)54-38-34-35(42)36(55-39(34)46-24-45-38)25-11-13-27(43)14-12-25/h7-18,21,24,33H,19-20,22-23H2,1-6H3,(H,48,49). The van der Waals surface area contributed by atoms with E-state index >= 15 is 0 Å². The first-order valence-electron chi connectivity index (χ1n) is 17.8. The number of nitrogens with zero attached hydrogens (tertiary/aromatic N) is 4. The van der Waals surface area contributed by atoms with Crippen molar-refractivity contribution in [3.63, 3.8) is 0 Å². The SMILES string of the molecule is COc1ccccc1-c1nccc(COc2ccc(OCCO[Si](C)(C)C(C)(C)C)cc2CC(Oc2ncnc3sc(-c4ccc(F)cc4)c(Br)c23)C(=O)O)n1. The summed E-state index contributed by atoms with van der Waals surface area (Å²) in [7, 11) is -0.389. The van der Waals surface area contributed by atoms with Gasteiger partial charge in [0.05, 0.1) is 39.7 Å². The maximum atomic E-state index is 13.7. The Morgan fingerprint density at radius 2 is 1.73 bits per heavy atom. The molecule has 1 N–H and O–H groups in total. The predicted octanol–water partition coefficient (Wildman–Crippen LogP) is 9.78. The summed E-state index contributed by atoms with van der Waals surface area (Å²) < 4.78 is 44.7. The van der Waals surface area contributed by atoms with Gasteiger partial charge in [-0.3, -0.25) is 0 Å². The number of aromatic nitrogens is 4. The molecule has 3 aromatic heterocycles. The molecule has 0 saturated heterocycles. The highest BCUT2D eigenvalue weighted by atomic mass is 79.9. The van der Waals surface area contributed by atoms with Crippen LogP contribution in [0.2, 0.25) is 18.1 Å². The Balaban J connectivity index is 1.27. The first-order chi connectivity index (χ1) is 26.7. The lowest BCUT2D eigenvalue weighted by molar-refractivity contribution is -0.145. The van der Waals surface area contributed by atoms with Crippen molar-refractivity contribution in [2.24, 2.45) is 0 Å². The smallest absolute Gasteiger partial charge is 0.345 e. The van der Waals surface area contributed by atoms with E-state index in [0.29, 0.717) is 62.2 Å². The van der Waals surface area contributed by atoms with E-state index in [1.165, 1.54) is 29.8 Å². The van der Waals surface area contributed by atoms with Crippen LogP contribution in [0.5, 0.6) is 23.1 Å². The molecule has 292 valence electrons. The molecule has 3 aromatic carbocycles. The number of benzene rings is 3. The number of thiophene rings is 1. The van der Waals surface area contributed by atoms with E-state index in [4.69, 9.17) is 28.4 Å². The molecule has 56 heavy (non-hydrogen) atoms. The zero-order valence-electron chi connectivity index (χ0n) is 31.8. The Morgan fingerprint density at radius 3 is 2.46 bits per heavy atom. The lowest BCUT2D eigenvalue weighted by Gasteiger charge is -2.36. The van der Waals surface area contributed by atoms with Crippen LogP contribution in [0, 0.1) is 5.82 Å². The fourth-order valence-electron chi connectivity index (χ4n) is 5.47. The quantitative estimate of drug-likeness (QED) is 0.0736. The lowest BCUT2D eigenvalue weighted by atomic mass is 10.1.